The number of nitrogens with two attached hydrogens (primary N) is 2. The number of hydrogen-bond acceptors (Lipinski definition) is 10. The van der Waals surface area contributed by atoms with Crippen molar-refractivity contribution >= 4 is 34.4 Å². The van der Waals surface area contributed by atoms with Gasteiger partial charge in [0, 0.05) is 58.4 Å². The van der Waals surface area contributed by atoms with Crippen LogP contribution in [0.4, 0.5) is 20.4 Å². The second kappa shape index (κ2) is 10.2. The van der Waals surface area contributed by atoms with E-state index in [1.807, 2.05) is 0 Å². The maximum Gasteiger partial charge on any atom is 0.330 e. The van der Waals surface area contributed by atoms with Crippen molar-refractivity contribution in [3.05, 3.63) is 52.6 Å². The maximum atomic E-state index is 14.6. The van der Waals surface area contributed by atoms with Gasteiger partial charge in [0.1, 0.15) is 11.3 Å². The van der Waals surface area contributed by atoms with Crippen LogP contribution in [0.15, 0.2) is 39.7 Å². The third kappa shape index (κ3) is 4.71. The SMILES string of the molecule is Cn1c(=O)n(CCN2CCN(c3cc(OCC(N)=O)c(F)cc3F)CC2)c2nc(N)n3nc(-c4ccco4)nc3c21. The molecule has 214 valence electrons. The van der Waals surface area contributed by atoms with Crippen LogP contribution >= 0.6 is 0 Å². The van der Waals surface area contributed by atoms with Crippen molar-refractivity contribution in [2.24, 2.45) is 12.8 Å². The van der Waals surface area contributed by atoms with E-state index in [-0.39, 0.29) is 23.1 Å². The number of benzene rings is 1. The van der Waals surface area contributed by atoms with E-state index < -0.39 is 24.1 Å². The van der Waals surface area contributed by atoms with Crippen molar-refractivity contribution in [3.8, 4) is 17.3 Å². The van der Waals surface area contributed by atoms with Gasteiger partial charge in [-0.3, -0.25) is 18.8 Å². The fourth-order valence-electron chi connectivity index (χ4n) is 4.98. The monoisotopic (exact) mass is 568 g/mol. The Hall–Kier alpha value is -4.99. The number of aryl methyl sites for hydroxylation is 1. The average Bonchev–Trinajstić information content (AvgIpc) is 3.68. The number of halogens is 2. The van der Waals surface area contributed by atoms with E-state index in [0.29, 0.717) is 67.7 Å². The summed E-state index contributed by atoms with van der Waals surface area (Å²) in [6.07, 6.45) is 1.51. The van der Waals surface area contributed by atoms with Crippen LogP contribution in [-0.4, -0.2) is 78.9 Å². The molecule has 0 bridgehead atoms. The molecule has 4 aromatic heterocycles. The van der Waals surface area contributed by atoms with Gasteiger partial charge in [0.25, 0.3) is 5.91 Å². The Balaban J connectivity index is 1.18. The number of fused-ring (bicyclic) bond motifs is 3. The lowest BCUT2D eigenvalue weighted by Gasteiger charge is -2.36. The molecule has 41 heavy (non-hydrogen) atoms. The number of hydrogen-bond donors (Lipinski definition) is 2. The van der Waals surface area contributed by atoms with E-state index in [0.717, 1.165) is 6.07 Å². The normalized spacial score (nSPS) is 14.4. The fourth-order valence-corrected chi connectivity index (χ4v) is 4.98. The molecule has 1 fully saturated rings. The minimum Gasteiger partial charge on any atom is -0.481 e. The van der Waals surface area contributed by atoms with Gasteiger partial charge < -0.3 is 25.5 Å². The summed E-state index contributed by atoms with van der Waals surface area (Å²) in [7, 11) is 1.64. The molecule has 0 atom stereocenters. The highest BCUT2D eigenvalue weighted by Gasteiger charge is 2.24. The molecule has 6 rings (SSSR count). The smallest absolute Gasteiger partial charge is 0.330 e. The maximum absolute atomic E-state index is 14.6. The highest BCUT2D eigenvalue weighted by Crippen LogP contribution is 2.29. The zero-order valence-electron chi connectivity index (χ0n) is 22.0. The predicted octanol–water partition coefficient (Wildman–Crippen LogP) is 0.584. The molecule has 4 N–H and O–H groups in total. The van der Waals surface area contributed by atoms with Crippen LogP contribution < -0.4 is 26.8 Å². The van der Waals surface area contributed by atoms with E-state index in [9.17, 15) is 18.4 Å². The van der Waals surface area contributed by atoms with Crippen molar-refractivity contribution in [1.82, 2.24) is 33.6 Å². The van der Waals surface area contributed by atoms with Crippen LogP contribution in [0.1, 0.15) is 0 Å². The minimum atomic E-state index is -0.915. The molecule has 5 aromatic rings. The molecule has 0 radical (unpaired) electrons. The van der Waals surface area contributed by atoms with Crippen LogP contribution in [0.2, 0.25) is 0 Å². The number of nitrogens with zero attached hydrogens (tertiary/aromatic N) is 8. The van der Waals surface area contributed by atoms with Gasteiger partial charge in [-0.25, -0.2) is 18.6 Å². The Morgan fingerprint density at radius 2 is 1.88 bits per heavy atom. The first-order valence-corrected chi connectivity index (χ1v) is 12.7. The van der Waals surface area contributed by atoms with Gasteiger partial charge in [0.2, 0.25) is 11.8 Å². The van der Waals surface area contributed by atoms with E-state index >= 15 is 0 Å². The number of nitrogen functional groups attached to an aromatic ring is 1. The number of rotatable bonds is 8. The van der Waals surface area contributed by atoms with Crippen molar-refractivity contribution < 1.29 is 22.7 Å². The molecule has 0 unspecified atom stereocenters. The van der Waals surface area contributed by atoms with Gasteiger partial charge in [-0.15, -0.1) is 5.10 Å². The van der Waals surface area contributed by atoms with E-state index in [4.69, 9.17) is 20.6 Å². The van der Waals surface area contributed by atoms with E-state index in [1.165, 1.54) is 21.4 Å². The number of imidazole rings is 1. The molecule has 1 saturated heterocycles. The van der Waals surface area contributed by atoms with Crippen LogP contribution in [0, 0.1) is 11.6 Å². The number of primary amides is 1. The van der Waals surface area contributed by atoms with Gasteiger partial charge in [0.05, 0.1) is 12.0 Å². The molecule has 1 aromatic carbocycles. The molecular weight excluding hydrogens is 542 g/mol. The lowest BCUT2D eigenvalue weighted by Crippen LogP contribution is -2.47. The highest BCUT2D eigenvalue weighted by molar-refractivity contribution is 5.88. The minimum absolute atomic E-state index is 0.0753. The van der Waals surface area contributed by atoms with Crippen molar-refractivity contribution in [2.45, 2.75) is 6.54 Å². The summed E-state index contributed by atoms with van der Waals surface area (Å²) in [4.78, 5) is 37.1. The van der Waals surface area contributed by atoms with Gasteiger partial charge in [0.15, 0.2) is 35.2 Å². The summed E-state index contributed by atoms with van der Waals surface area (Å²) in [5.74, 6) is -1.81. The first-order valence-electron chi connectivity index (χ1n) is 12.7. The molecule has 1 amide bonds. The second-order valence-corrected chi connectivity index (χ2v) is 9.60. The summed E-state index contributed by atoms with van der Waals surface area (Å²) >= 11 is 0. The quantitative estimate of drug-likeness (QED) is 0.270. The van der Waals surface area contributed by atoms with Crippen molar-refractivity contribution in [3.63, 3.8) is 0 Å². The number of piperazine rings is 1. The topological polar surface area (TPSA) is 168 Å². The van der Waals surface area contributed by atoms with Crippen molar-refractivity contribution in [1.29, 1.82) is 0 Å². The molecule has 1 aliphatic rings. The van der Waals surface area contributed by atoms with Gasteiger partial charge in [-0.05, 0) is 12.1 Å². The summed E-state index contributed by atoms with van der Waals surface area (Å²) in [6.45, 7) is 2.34. The fraction of sp³-hybridized carbons (Fsp3) is 0.320. The Morgan fingerprint density at radius 3 is 2.59 bits per heavy atom. The molecule has 1 aliphatic heterocycles. The zero-order chi connectivity index (χ0) is 28.8. The first-order chi connectivity index (χ1) is 19.7. The van der Waals surface area contributed by atoms with Crippen molar-refractivity contribution in [2.75, 3.05) is 50.0 Å². The standard InChI is InChI=1S/C25H26F2N10O4/c1-33-20-22(31-24(29)37-23(20)30-21(32-37)17-3-2-10-40-17)36(25(33)39)9-6-34-4-7-35(8-5-34)16-12-18(41-13-19(28)38)15(27)11-14(16)26/h2-3,10-12H,4-9,13H2,1H3,(H2,28,38)(H2,29,31). The molecule has 0 spiro atoms. The van der Waals surface area contributed by atoms with E-state index in [1.54, 1.807) is 28.6 Å². The number of amides is 1. The zero-order valence-corrected chi connectivity index (χ0v) is 22.0. The summed E-state index contributed by atoms with van der Waals surface area (Å²) in [5.41, 5.74) is 12.4. The largest absolute Gasteiger partial charge is 0.481 e. The van der Waals surface area contributed by atoms with Crippen LogP contribution in [0.25, 0.3) is 28.4 Å². The van der Waals surface area contributed by atoms with Crippen LogP contribution in [-0.2, 0) is 18.4 Å². The third-order valence-electron chi connectivity index (χ3n) is 7.04. The Labute approximate surface area is 230 Å². The summed E-state index contributed by atoms with van der Waals surface area (Å²) < 4.78 is 43.5. The molecule has 0 saturated carbocycles. The van der Waals surface area contributed by atoms with Gasteiger partial charge >= 0.3 is 5.69 Å². The number of aromatic nitrogens is 6. The molecule has 5 heterocycles. The molecular formula is C25H26F2N10O4. The Morgan fingerprint density at radius 1 is 1.10 bits per heavy atom. The summed E-state index contributed by atoms with van der Waals surface area (Å²) in [6, 6.07) is 5.41. The first kappa shape index (κ1) is 26.2. The lowest BCUT2D eigenvalue weighted by atomic mass is 10.2. The number of anilines is 2. The average molecular weight is 569 g/mol. The van der Waals surface area contributed by atoms with Crippen LogP contribution in [0.5, 0.6) is 5.75 Å². The molecule has 16 heteroatoms. The van der Waals surface area contributed by atoms with Crippen LogP contribution in [0.3, 0.4) is 0 Å². The third-order valence-corrected chi connectivity index (χ3v) is 7.04. The summed E-state index contributed by atoms with van der Waals surface area (Å²) in [5, 5.41) is 4.38. The number of carbonyl (C=O) groups is 1. The number of carbonyl (C=O) groups excluding carboxylic acids is 1. The second-order valence-electron chi connectivity index (χ2n) is 9.60. The number of furan rings is 1. The number of ether oxygens (including phenoxy) is 1. The predicted molar refractivity (Wildman–Crippen MR) is 143 cm³/mol. The lowest BCUT2D eigenvalue weighted by molar-refractivity contribution is -0.120. The Bertz CT molecular complexity index is 1820. The van der Waals surface area contributed by atoms with Gasteiger partial charge in [-0.1, -0.05) is 0 Å². The highest BCUT2D eigenvalue weighted by atomic mass is 19.1. The van der Waals surface area contributed by atoms with E-state index in [2.05, 4.69) is 20.0 Å². The molecule has 0 aliphatic carbocycles. The van der Waals surface area contributed by atoms with Gasteiger partial charge in [-0.2, -0.15) is 9.50 Å². The Kier molecular flexibility index (Phi) is 6.53. The molecule has 14 nitrogen and oxygen atoms in total.